The van der Waals surface area contributed by atoms with Crippen LogP contribution in [0.1, 0.15) is 31.0 Å². The van der Waals surface area contributed by atoms with Gasteiger partial charge in [0.1, 0.15) is 11.4 Å². The van der Waals surface area contributed by atoms with Crippen LogP contribution >= 0.6 is 0 Å². The van der Waals surface area contributed by atoms with Gasteiger partial charge in [-0.2, -0.15) is 0 Å². The van der Waals surface area contributed by atoms with Gasteiger partial charge in [-0.1, -0.05) is 17.7 Å². The number of nitrogens with two attached hydrogens (primary N) is 1. The van der Waals surface area contributed by atoms with Crippen molar-refractivity contribution < 1.29 is 9.47 Å². The molecule has 0 bridgehead atoms. The highest BCUT2D eigenvalue weighted by Gasteiger charge is 2.43. The summed E-state index contributed by atoms with van der Waals surface area (Å²) in [6.45, 7) is 11.0. The molecule has 1 saturated heterocycles. The van der Waals surface area contributed by atoms with Crippen molar-refractivity contribution >= 4 is 0 Å². The fourth-order valence-electron chi connectivity index (χ4n) is 3.42. The van der Waals surface area contributed by atoms with E-state index in [4.69, 9.17) is 15.2 Å². The Hall–Kier alpha value is -1.10. The first kappa shape index (κ1) is 14.8. The van der Waals surface area contributed by atoms with Crippen LogP contribution in [0.3, 0.4) is 0 Å². The van der Waals surface area contributed by atoms with E-state index in [0.29, 0.717) is 0 Å². The largest absolute Gasteiger partial charge is 0.487 e. The minimum absolute atomic E-state index is 0.0199. The standard InChI is InChI=1S/C17H26N2O2/c1-12-4-5-15-13(10-12)16(18)14(17(2,3)21-15)11-19-6-8-20-9-7-19/h4-5,10,14,16H,6-9,11,18H2,1-3H3. The van der Waals surface area contributed by atoms with Crippen LogP contribution in [0, 0.1) is 12.8 Å². The summed E-state index contributed by atoms with van der Waals surface area (Å²) in [5.41, 5.74) is 8.74. The van der Waals surface area contributed by atoms with Crippen molar-refractivity contribution in [2.24, 2.45) is 11.7 Å². The molecule has 2 aliphatic rings. The third-order valence-electron chi connectivity index (χ3n) is 4.78. The summed E-state index contributed by atoms with van der Waals surface area (Å²) in [4.78, 5) is 2.44. The maximum atomic E-state index is 6.61. The molecular formula is C17H26N2O2. The van der Waals surface area contributed by atoms with Gasteiger partial charge < -0.3 is 15.2 Å². The lowest BCUT2D eigenvalue weighted by Crippen LogP contribution is -2.53. The highest BCUT2D eigenvalue weighted by atomic mass is 16.5. The number of fused-ring (bicyclic) bond motifs is 1. The molecule has 2 unspecified atom stereocenters. The number of benzene rings is 1. The number of nitrogens with zero attached hydrogens (tertiary/aromatic N) is 1. The molecule has 0 aromatic heterocycles. The fraction of sp³-hybridized carbons (Fsp3) is 0.647. The second-order valence-electron chi connectivity index (χ2n) is 6.79. The van der Waals surface area contributed by atoms with Crippen LogP contribution in [0.4, 0.5) is 0 Å². The lowest BCUT2D eigenvalue weighted by Gasteiger charge is -2.46. The molecule has 2 N–H and O–H groups in total. The summed E-state index contributed by atoms with van der Waals surface area (Å²) in [5, 5.41) is 0. The Morgan fingerprint density at radius 1 is 1.29 bits per heavy atom. The zero-order chi connectivity index (χ0) is 15.0. The van der Waals surface area contributed by atoms with E-state index >= 15 is 0 Å². The molecule has 2 aliphatic heterocycles. The van der Waals surface area contributed by atoms with Gasteiger partial charge in [-0.05, 0) is 26.8 Å². The van der Waals surface area contributed by atoms with Crippen molar-refractivity contribution in [1.82, 2.24) is 4.90 Å². The predicted octanol–water partition coefficient (Wildman–Crippen LogP) is 2.11. The van der Waals surface area contributed by atoms with E-state index in [9.17, 15) is 0 Å². The molecule has 0 amide bonds. The molecular weight excluding hydrogens is 264 g/mol. The predicted molar refractivity (Wildman–Crippen MR) is 83.6 cm³/mol. The molecule has 0 radical (unpaired) electrons. The highest BCUT2D eigenvalue weighted by molar-refractivity contribution is 5.42. The van der Waals surface area contributed by atoms with Crippen LogP contribution in [-0.2, 0) is 4.74 Å². The quantitative estimate of drug-likeness (QED) is 0.906. The smallest absolute Gasteiger partial charge is 0.124 e. The van der Waals surface area contributed by atoms with Crippen molar-refractivity contribution in [2.75, 3.05) is 32.8 Å². The lowest BCUT2D eigenvalue weighted by molar-refractivity contribution is -0.0287. The van der Waals surface area contributed by atoms with Gasteiger partial charge in [-0.15, -0.1) is 0 Å². The van der Waals surface area contributed by atoms with Gasteiger partial charge in [-0.3, -0.25) is 4.90 Å². The van der Waals surface area contributed by atoms with Crippen molar-refractivity contribution in [3.05, 3.63) is 29.3 Å². The van der Waals surface area contributed by atoms with Crippen molar-refractivity contribution in [3.8, 4) is 5.75 Å². The van der Waals surface area contributed by atoms with Gasteiger partial charge in [0.15, 0.2) is 0 Å². The summed E-state index contributed by atoms with van der Waals surface area (Å²) < 4.78 is 11.7. The minimum Gasteiger partial charge on any atom is -0.487 e. The van der Waals surface area contributed by atoms with E-state index in [0.717, 1.165) is 44.2 Å². The fourth-order valence-corrected chi connectivity index (χ4v) is 3.42. The third-order valence-corrected chi connectivity index (χ3v) is 4.78. The van der Waals surface area contributed by atoms with Crippen molar-refractivity contribution in [3.63, 3.8) is 0 Å². The first-order valence-electron chi connectivity index (χ1n) is 7.82. The van der Waals surface area contributed by atoms with Gasteiger partial charge in [0.05, 0.1) is 13.2 Å². The lowest BCUT2D eigenvalue weighted by atomic mass is 9.78. The number of ether oxygens (including phenoxy) is 2. The number of hydrogen-bond donors (Lipinski definition) is 1. The van der Waals surface area contributed by atoms with E-state index < -0.39 is 0 Å². The average Bonchev–Trinajstić information content (AvgIpc) is 2.45. The van der Waals surface area contributed by atoms with E-state index in [1.165, 1.54) is 5.56 Å². The Labute approximate surface area is 127 Å². The number of hydrogen-bond acceptors (Lipinski definition) is 4. The van der Waals surface area contributed by atoms with Crippen LogP contribution < -0.4 is 10.5 Å². The summed E-state index contributed by atoms with van der Waals surface area (Å²) in [7, 11) is 0. The normalized spacial score (nSPS) is 28.8. The van der Waals surface area contributed by atoms with Crippen LogP contribution in [-0.4, -0.2) is 43.3 Å². The van der Waals surface area contributed by atoms with E-state index in [1.54, 1.807) is 0 Å². The molecule has 21 heavy (non-hydrogen) atoms. The highest BCUT2D eigenvalue weighted by Crippen LogP contribution is 2.43. The van der Waals surface area contributed by atoms with Crippen LogP contribution in [0.5, 0.6) is 5.75 Å². The van der Waals surface area contributed by atoms with Gasteiger partial charge in [-0.25, -0.2) is 0 Å². The Kier molecular flexibility index (Phi) is 3.95. The summed E-state index contributed by atoms with van der Waals surface area (Å²) in [5.74, 6) is 1.22. The first-order valence-corrected chi connectivity index (χ1v) is 7.82. The van der Waals surface area contributed by atoms with Gasteiger partial charge in [0, 0.05) is 37.2 Å². The molecule has 4 nitrogen and oxygen atoms in total. The number of rotatable bonds is 2. The van der Waals surface area contributed by atoms with Crippen LogP contribution in [0.2, 0.25) is 0 Å². The van der Waals surface area contributed by atoms with Gasteiger partial charge in [0.2, 0.25) is 0 Å². The van der Waals surface area contributed by atoms with E-state index in [1.807, 2.05) is 0 Å². The van der Waals surface area contributed by atoms with Crippen LogP contribution in [0.25, 0.3) is 0 Å². The topological polar surface area (TPSA) is 47.7 Å². The third kappa shape index (κ3) is 2.93. The molecule has 116 valence electrons. The van der Waals surface area contributed by atoms with Gasteiger partial charge in [0.25, 0.3) is 0 Å². The second-order valence-corrected chi connectivity index (χ2v) is 6.79. The molecule has 2 atom stereocenters. The first-order chi connectivity index (χ1) is 9.97. The molecule has 1 aromatic rings. The Morgan fingerprint density at radius 2 is 2.00 bits per heavy atom. The molecule has 0 aliphatic carbocycles. The Bertz CT molecular complexity index is 510. The summed E-state index contributed by atoms with van der Waals surface area (Å²) >= 11 is 0. The molecule has 4 heteroatoms. The van der Waals surface area contributed by atoms with Crippen LogP contribution in [0.15, 0.2) is 18.2 Å². The number of morpholine rings is 1. The minimum atomic E-state index is -0.250. The van der Waals surface area contributed by atoms with E-state index in [-0.39, 0.29) is 17.6 Å². The monoisotopic (exact) mass is 290 g/mol. The molecule has 0 saturated carbocycles. The molecule has 3 rings (SSSR count). The summed E-state index contributed by atoms with van der Waals surface area (Å²) in [6, 6.07) is 6.33. The Balaban J connectivity index is 1.85. The molecule has 1 aromatic carbocycles. The van der Waals surface area contributed by atoms with Gasteiger partial charge >= 0.3 is 0 Å². The zero-order valence-electron chi connectivity index (χ0n) is 13.3. The maximum Gasteiger partial charge on any atom is 0.124 e. The molecule has 1 fully saturated rings. The maximum absolute atomic E-state index is 6.61. The zero-order valence-corrected chi connectivity index (χ0v) is 13.3. The van der Waals surface area contributed by atoms with E-state index in [2.05, 4.69) is 43.9 Å². The van der Waals surface area contributed by atoms with Crippen molar-refractivity contribution in [2.45, 2.75) is 32.4 Å². The Morgan fingerprint density at radius 3 is 2.71 bits per heavy atom. The molecule has 2 heterocycles. The SMILES string of the molecule is Cc1ccc2c(c1)C(N)C(CN1CCOCC1)C(C)(C)O2. The number of aryl methyl sites for hydroxylation is 1. The van der Waals surface area contributed by atoms with Crippen molar-refractivity contribution in [1.29, 1.82) is 0 Å². The average molecular weight is 290 g/mol. The summed E-state index contributed by atoms with van der Waals surface area (Å²) in [6.07, 6.45) is 0. The second kappa shape index (κ2) is 5.59. The molecule has 0 spiro atoms.